The molecule has 0 bridgehead atoms. The number of amides is 1. The minimum absolute atomic E-state index is 0.127. The van der Waals surface area contributed by atoms with Gasteiger partial charge in [-0.05, 0) is 18.2 Å². The number of thioether (sulfide) groups is 1. The summed E-state index contributed by atoms with van der Waals surface area (Å²) in [4.78, 5) is 20.1. The third-order valence-electron chi connectivity index (χ3n) is 4.08. The van der Waals surface area contributed by atoms with Gasteiger partial charge in [0.15, 0.2) is 5.16 Å². The molecule has 0 spiro atoms. The summed E-state index contributed by atoms with van der Waals surface area (Å²) in [6.45, 7) is 0. The maximum absolute atomic E-state index is 13.3. The Morgan fingerprint density at radius 2 is 1.77 bits per heavy atom. The number of nitrogens with zero attached hydrogens (tertiary/aromatic N) is 2. The zero-order valence-corrected chi connectivity index (χ0v) is 17.4. The Balaban J connectivity index is 1.77. The van der Waals surface area contributed by atoms with Gasteiger partial charge in [-0.3, -0.25) is 4.79 Å². The van der Waals surface area contributed by atoms with E-state index in [4.69, 9.17) is 9.47 Å². The third-order valence-corrected chi connectivity index (χ3v) is 4.93. The summed E-state index contributed by atoms with van der Waals surface area (Å²) in [7, 11) is 2.95. The van der Waals surface area contributed by atoms with Gasteiger partial charge in [0.2, 0.25) is 5.91 Å². The Hall–Kier alpha value is -3.27. The van der Waals surface area contributed by atoms with Gasteiger partial charge in [-0.25, -0.2) is 9.97 Å². The average molecular weight is 449 g/mol. The van der Waals surface area contributed by atoms with Gasteiger partial charge >= 0.3 is 6.18 Å². The van der Waals surface area contributed by atoms with Crippen molar-refractivity contribution in [1.82, 2.24) is 9.97 Å². The molecule has 162 valence electrons. The van der Waals surface area contributed by atoms with Crippen LogP contribution < -0.4 is 14.8 Å². The van der Waals surface area contributed by atoms with Crippen molar-refractivity contribution in [2.45, 2.75) is 11.3 Å². The van der Waals surface area contributed by atoms with E-state index in [2.05, 4.69) is 15.3 Å². The lowest BCUT2D eigenvalue weighted by molar-refractivity contribution is -0.141. The van der Waals surface area contributed by atoms with Crippen LogP contribution in [0.15, 0.2) is 59.8 Å². The van der Waals surface area contributed by atoms with Crippen LogP contribution in [0.1, 0.15) is 5.69 Å². The van der Waals surface area contributed by atoms with Gasteiger partial charge in [-0.15, -0.1) is 0 Å². The van der Waals surface area contributed by atoms with Crippen molar-refractivity contribution < 1.29 is 27.4 Å². The second-order valence-electron chi connectivity index (χ2n) is 6.19. The van der Waals surface area contributed by atoms with E-state index >= 15 is 0 Å². The standard InChI is InChI=1S/C21H18F3N3O3S/c1-29-14-8-9-15(17(10-14)30-2)25-19(28)12-31-20-26-16(13-6-4-3-5-7-13)11-18(27-20)21(22,23)24/h3-11H,12H2,1-2H3,(H,25,28). The highest BCUT2D eigenvalue weighted by molar-refractivity contribution is 7.99. The van der Waals surface area contributed by atoms with Crippen molar-refractivity contribution in [2.75, 3.05) is 25.3 Å². The molecular weight excluding hydrogens is 431 g/mol. The molecule has 1 N–H and O–H groups in total. The number of benzene rings is 2. The topological polar surface area (TPSA) is 73.3 Å². The molecule has 0 radical (unpaired) electrons. The molecule has 1 heterocycles. The van der Waals surface area contributed by atoms with Gasteiger partial charge in [-0.2, -0.15) is 13.2 Å². The van der Waals surface area contributed by atoms with Crippen molar-refractivity contribution in [3.05, 3.63) is 60.3 Å². The second kappa shape index (κ2) is 9.69. The number of carbonyl (C=O) groups is 1. The molecule has 0 aliphatic carbocycles. The van der Waals surface area contributed by atoms with E-state index in [1.54, 1.807) is 48.5 Å². The molecule has 6 nitrogen and oxygen atoms in total. The smallest absolute Gasteiger partial charge is 0.433 e. The first-order valence-electron chi connectivity index (χ1n) is 8.96. The lowest BCUT2D eigenvalue weighted by Crippen LogP contribution is -2.15. The maximum Gasteiger partial charge on any atom is 0.433 e. The predicted molar refractivity (Wildman–Crippen MR) is 111 cm³/mol. The molecule has 0 atom stereocenters. The van der Waals surface area contributed by atoms with Crippen LogP contribution in [0, 0.1) is 0 Å². The Morgan fingerprint density at radius 1 is 1.03 bits per heavy atom. The maximum atomic E-state index is 13.3. The number of aromatic nitrogens is 2. The molecule has 31 heavy (non-hydrogen) atoms. The number of carbonyl (C=O) groups excluding carboxylic acids is 1. The highest BCUT2D eigenvalue weighted by Crippen LogP contribution is 2.32. The highest BCUT2D eigenvalue weighted by atomic mass is 32.2. The van der Waals surface area contributed by atoms with Gasteiger partial charge in [0.25, 0.3) is 0 Å². The van der Waals surface area contributed by atoms with E-state index in [9.17, 15) is 18.0 Å². The van der Waals surface area contributed by atoms with Gasteiger partial charge in [0.1, 0.15) is 17.2 Å². The zero-order valence-electron chi connectivity index (χ0n) is 16.6. The van der Waals surface area contributed by atoms with Crippen LogP contribution in [0.25, 0.3) is 11.3 Å². The number of ether oxygens (including phenoxy) is 2. The monoisotopic (exact) mass is 449 g/mol. The molecule has 0 unspecified atom stereocenters. The summed E-state index contributed by atoms with van der Waals surface area (Å²) in [6, 6.07) is 14.2. The minimum atomic E-state index is -4.64. The summed E-state index contributed by atoms with van der Waals surface area (Å²) >= 11 is 0.808. The average Bonchev–Trinajstić information content (AvgIpc) is 2.77. The number of methoxy groups -OCH3 is 2. The summed E-state index contributed by atoms with van der Waals surface area (Å²) < 4.78 is 50.2. The molecule has 0 saturated carbocycles. The van der Waals surface area contributed by atoms with Crippen LogP contribution >= 0.6 is 11.8 Å². The van der Waals surface area contributed by atoms with Crippen molar-refractivity contribution in [1.29, 1.82) is 0 Å². The largest absolute Gasteiger partial charge is 0.497 e. The van der Waals surface area contributed by atoms with E-state index in [1.165, 1.54) is 14.2 Å². The van der Waals surface area contributed by atoms with Crippen LogP contribution in [0.5, 0.6) is 11.5 Å². The number of halogens is 3. The normalized spacial score (nSPS) is 11.1. The second-order valence-corrected chi connectivity index (χ2v) is 7.13. The fourth-order valence-electron chi connectivity index (χ4n) is 2.61. The summed E-state index contributed by atoms with van der Waals surface area (Å²) in [5.74, 6) is 0.301. The molecule has 10 heteroatoms. The molecule has 1 aromatic heterocycles. The summed E-state index contributed by atoms with van der Waals surface area (Å²) in [6.07, 6.45) is -4.64. The Labute approximate surface area is 180 Å². The van der Waals surface area contributed by atoms with E-state index in [-0.39, 0.29) is 16.6 Å². The first-order chi connectivity index (χ1) is 14.8. The molecule has 3 rings (SSSR count). The number of rotatable bonds is 7. The van der Waals surface area contributed by atoms with Crippen molar-refractivity contribution >= 4 is 23.4 Å². The van der Waals surface area contributed by atoms with Gasteiger partial charge < -0.3 is 14.8 Å². The molecule has 0 fully saturated rings. The van der Waals surface area contributed by atoms with E-state index < -0.39 is 17.8 Å². The Kier molecular flexibility index (Phi) is 7.01. The zero-order chi connectivity index (χ0) is 22.4. The number of hydrogen-bond acceptors (Lipinski definition) is 6. The lowest BCUT2D eigenvalue weighted by Gasteiger charge is -2.12. The number of anilines is 1. The van der Waals surface area contributed by atoms with Gasteiger partial charge in [0, 0.05) is 11.6 Å². The van der Waals surface area contributed by atoms with Crippen LogP contribution in [-0.4, -0.2) is 35.8 Å². The Bertz CT molecular complexity index is 1060. The van der Waals surface area contributed by atoms with Gasteiger partial charge in [-0.1, -0.05) is 42.1 Å². The highest BCUT2D eigenvalue weighted by Gasteiger charge is 2.34. The van der Waals surface area contributed by atoms with Crippen molar-refractivity contribution in [3.63, 3.8) is 0 Å². The number of alkyl halides is 3. The SMILES string of the molecule is COc1ccc(NC(=O)CSc2nc(-c3ccccc3)cc(C(F)(F)F)n2)c(OC)c1. The molecule has 0 aliphatic rings. The number of hydrogen-bond donors (Lipinski definition) is 1. The summed E-state index contributed by atoms with van der Waals surface area (Å²) in [5.41, 5.74) is -0.0164. The van der Waals surface area contributed by atoms with Crippen molar-refractivity contribution in [2.24, 2.45) is 0 Å². The van der Waals surface area contributed by atoms with Crippen LogP contribution in [0.2, 0.25) is 0 Å². The molecule has 3 aromatic rings. The fraction of sp³-hybridized carbons (Fsp3) is 0.190. The van der Waals surface area contributed by atoms with Crippen molar-refractivity contribution in [3.8, 4) is 22.8 Å². The van der Waals surface area contributed by atoms with Crippen LogP contribution in [-0.2, 0) is 11.0 Å². The van der Waals surface area contributed by atoms with Gasteiger partial charge in [0.05, 0.1) is 31.4 Å². The quantitative estimate of drug-likeness (QED) is 0.408. The molecule has 2 aromatic carbocycles. The number of nitrogens with one attached hydrogen (secondary N) is 1. The third kappa shape index (κ3) is 5.88. The van der Waals surface area contributed by atoms with Crippen LogP contribution in [0.4, 0.5) is 18.9 Å². The predicted octanol–water partition coefficient (Wildman–Crippen LogP) is 4.91. The minimum Gasteiger partial charge on any atom is -0.497 e. The summed E-state index contributed by atoms with van der Waals surface area (Å²) in [5, 5.41) is 2.51. The fourth-order valence-corrected chi connectivity index (χ4v) is 3.27. The first-order valence-corrected chi connectivity index (χ1v) is 9.95. The molecule has 0 aliphatic heterocycles. The Morgan fingerprint density at radius 3 is 2.42 bits per heavy atom. The van der Waals surface area contributed by atoms with Crippen LogP contribution in [0.3, 0.4) is 0 Å². The van der Waals surface area contributed by atoms with E-state index in [0.29, 0.717) is 22.7 Å². The molecule has 1 amide bonds. The van der Waals surface area contributed by atoms with E-state index in [0.717, 1.165) is 17.8 Å². The molecular formula is C21H18F3N3O3S. The first kappa shape index (κ1) is 22.4. The molecule has 0 saturated heterocycles. The van der Waals surface area contributed by atoms with E-state index in [1.807, 2.05) is 0 Å². The lowest BCUT2D eigenvalue weighted by atomic mass is 10.1.